The van der Waals surface area contributed by atoms with Gasteiger partial charge in [0.2, 0.25) is 0 Å². The second kappa shape index (κ2) is 12.5. The monoisotopic (exact) mass is 393 g/mol. The molecule has 1 rings (SSSR count). The lowest BCUT2D eigenvalue weighted by Gasteiger charge is -2.17. The second-order valence-corrected chi connectivity index (χ2v) is 6.31. The lowest BCUT2D eigenvalue weighted by atomic mass is 10.1. The van der Waals surface area contributed by atoms with Gasteiger partial charge in [0.1, 0.15) is 6.04 Å². The van der Waals surface area contributed by atoms with Crippen molar-refractivity contribution in [2.75, 3.05) is 25.2 Å². The van der Waals surface area contributed by atoms with Crippen LogP contribution in [0.25, 0.3) is 0 Å². The molecule has 1 aromatic carbocycles. The van der Waals surface area contributed by atoms with Gasteiger partial charge in [-0.15, -0.1) is 6.58 Å². The van der Waals surface area contributed by atoms with E-state index in [1.165, 1.54) is 17.8 Å². The number of urea groups is 1. The first kappa shape index (κ1) is 22.2. The van der Waals surface area contributed by atoms with E-state index in [9.17, 15) is 19.2 Å². The molecule has 27 heavy (non-hydrogen) atoms. The summed E-state index contributed by atoms with van der Waals surface area (Å²) in [5.74, 6) is -1.31. The average Bonchev–Trinajstić information content (AvgIpc) is 2.68. The van der Waals surface area contributed by atoms with E-state index in [4.69, 9.17) is 4.74 Å². The van der Waals surface area contributed by atoms with Crippen LogP contribution < -0.4 is 16.0 Å². The first-order chi connectivity index (χ1) is 13.0. The van der Waals surface area contributed by atoms with E-state index in [1.807, 2.05) is 11.6 Å². The molecule has 1 aromatic rings. The van der Waals surface area contributed by atoms with Crippen molar-refractivity contribution < 1.29 is 23.9 Å². The number of ether oxygens (including phenoxy) is 1. The van der Waals surface area contributed by atoms with Crippen LogP contribution in [0.3, 0.4) is 0 Å². The van der Waals surface area contributed by atoms with Crippen LogP contribution >= 0.6 is 11.8 Å². The maximum Gasteiger partial charge on any atom is 0.329 e. The number of nitrogens with one attached hydrogen (secondary N) is 3. The first-order valence-corrected chi connectivity index (χ1v) is 9.57. The number of rotatable bonds is 10. The van der Waals surface area contributed by atoms with Gasteiger partial charge in [-0.05, 0) is 30.6 Å². The number of thioether (sulfide) groups is 1. The third-order valence-corrected chi connectivity index (χ3v) is 3.89. The van der Waals surface area contributed by atoms with E-state index in [2.05, 4.69) is 17.2 Å². The molecule has 1 atom stereocenters. The Hall–Kier alpha value is -2.81. The highest BCUT2D eigenvalue weighted by Crippen LogP contribution is 2.05. The van der Waals surface area contributed by atoms with Crippen LogP contribution in [0, 0.1) is 0 Å². The smallest absolute Gasteiger partial charge is 0.329 e. The highest BCUT2D eigenvalue weighted by Gasteiger charge is 2.23. The molecular weight excluding hydrogens is 370 g/mol. The molecule has 0 aromatic heterocycles. The van der Waals surface area contributed by atoms with Crippen LogP contribution in [0.5, 0.6) is 0 Å². The molecule has 0 radical (unpaired) electrons. The first-order valence-electron chi connectivity index (χ1n) is 8.18. The molecule has 0 aliphatic rings. The number of hydrogen-bond donors (Lipinski definition) is 3. The van der Waals surface area contributed by atoms with Crippen molar-refractivity contribution in [3.63, 3.8) is 0 Å². The molecule has 146 valence electrons. The molecule has 0 saturated heterocycles. The minimum absolute atomic E-state index is 0.196. The Morgan fingerprint density at radius 2 is 1.93 bits per heavy atom. The van der Waals surface area contributed by atoms with E-state index in [1.54, 1.807) is 30.3 Å². The van der Waals surface area contributed by atoms with Gasteiger partial charge in [0, 0.05) is 12.1 Å². The molecule has 0 spiro atoms. The molecule has 0 bridgehead atoms. The molecule has 0 aliphatic heterocycles. The molecule has 0 saturated carbocycles. The van der Waals surface area contributed by atoms with Crippen LogP contribution in [0.15, 0.2) is 43.0 Å². The Labute approximate surface area is 162 Å². The molecule has 4 amide bonds. The minimum atomic E-state index is -0.896. The second-order valence-electron chi connectivity index (χ2n) is 5.33. The fraction of sp³-hybridized carbons (Fsp3) is 0.333. The number of esters is 1. The fourth-order valence-electron chi connectivity index (χ4n) is 1.92. The van der Waals surface area contributed by atoms with Gasteiger partial charge in [0.15, 0.2) is 6.61 Å². The number of amides is 4. The molecule has 0 unspecified atom stereocenters. The Kier molecular flexibility index (Phi) is 10.3. The number of carbonyl (C=O) groups is 4. The van der Waals surface area contributed by atoms with E-state index in [0.717, 1.165) is 0 Å². The lowest BCUT2D eigenvalue weighted by molar-refractivity contribution is -0.150. The molecule has 3 N–H and O–H groups in total. The van der Waals surface area contributed by atoms with Crippen molar-refractivity contribution >= 4 is 35.6 Å². The normalized spacial score (nSPS) is 11.0. The highest BCUT2D eigenvalue weighted by molar-refractivity contribution is 7.98. The molecule has 0 fully saturated rings. The van der Waals surface area contributed by atoms with E-state index in [-0.39, 0.29) is 6.54 Å². The van der Waals surface area contributed by atoms with Gasteiger partial charge < -0.3 is 15.4 Å². The predicted octanol–water partition coefficient (Wildman–Crippen LogP) is 1.09. The number of imide groups is 1. The molecule has 0 aliphatic carbocycles. The lowest BCUT2D eigenvalue weighted by Crippen LogP contribution is -2.45. The van der Waals surface area contributed by atoms with Crippen molar-refractivity contribution in [2.45, 2.75) is 12.5 Å². The maximum absolute atomic E-state index is 12.2. The van der Waals surface area contributed by atoms with Gasteiger partial charge in [-0.25, -0.2) is 9.59 Å². The zero-order valence-electron chi connectivity index (χ0n) is 15.0. The van der Waals surface area contributed by atoms with Crippen LogP contribution in [0.2, 0.25) is 0 Å². The van der Waals surface area contributed by atoms with Gasteiger partial charge in [-0.1, -0.05) is 24.3 Å². The fourth-order valence-corrected chi connectivity index (χ4v) is 2.40. The van der Waals surface area contributed by atoms with Gasteiger partial charge in [-0.3, -0.25) is 14.9 Å². The number of benzene rings is 1. The summed E-state index contributed by atoms with van der Waals surface area (Å²) in [4.78, 5) is 47.5. The minimum Gasteiger partial charge on any atom is -0.454 e. The third-order valence-electron chi connectivity index (χ3n) is 3.24. The Bertz CT molecular complexity index is 666. The Morgan fingerprint density at radius 1 is 1.22 bits per heavy atom. The van der Waals surface area contributed by atoms with Crippen molar-refractivity contribution in [1.82, 2.24) is 16.0 Å². The summed E-state index contributed by atoms with van der Waals surface area (Å²) in [6.45, 7) is 3.00. The summed E-state index contributed by atoms with van der Waals surface area (Å²) in [5.41, 5.74) is 0.413. The zero-order valence-corrected chi connectivity index (χ0v) is 15.8. The molecule has 0 heterocycles. The van der Waals surface area contributed by atoms with Crippen molar-refractivity contribution in [2.24, 2.45) is 0 Å². The summed E-state index contributed by atoms with van der Waals surface area (Å²) < 4.78 is 4.93. The standard InChI is InChI=1S/C18H23N3O5S/c1-3-10-19-18(25)21-15(22)12-26-17(24)14(9-11-27-2)20-16(23)13-7-5-4-6-8-13/h3-8,14H,1,9-12H2,2H3,(H,20,23)(H2,19,21,22,25)/t14-/m0/s1. The summed E-state index contributed by atoms with van der Waals surface area (Å²) in [6.07, 6.45) is 3.67. The van der Waals surface area contributed by atoms with Crippen LogP contribution in [0.4, 0.5) is 4.79 Å². The van der Waals surface area contributed by atoms with Gasteiger partial charge in [0.05, 0.1) is 0 Å². The molecular formula is C18H23N3O5S. The van der Waals surface area contributed by atoms with Crippen molar-refractivity contribution in [1.29, 1.82) is 0 Å². The van der Waals surface area contributed by atoms with Gasteiger partial charge in [0.25, 0.3) is 11.8 Å². The molecule has 8 nitrogen and oxygen atoms in total. The van der Waals surface area contributed by atoms with E-state index in [0.29, 0.717) is 17.7 Å². The summed E-state index contributed by atoms with van der Waals surface area (Å²) in [7, 11) is 0. The van der Waals surface area contributed by atoms with E-state index >= 15 is 0 Å². The highest BCUT2D eigenvalue weighted by atomic mass is 32.2. The van der Waals surface area contributed by atoms with Gasteiger partial charge >= 0.3 is 12.0 Å². The Balaban J connectivity index is 2.56. The van der Waals surface area contributed by atoms with Crippen molar-refractivity contribution in [3.05, 3.63) is 48.6 Å². The van der Waals surface area contributed by atoms with Gasteiger partial charge in [-0.2, -0.15) is 11.8 Å². The van der Waals surface area contributed by atoms with Crippen molar-refractivity contribution in [3.8, 4) is 0 Å². The van der Waals surface area contributed by atoms with E-state index < -0.39 is 36.5 Å². The van der Waals surface area contributed by atoms with Crippen LogP contribution in [-0.4, -0.2) is 55.0 Å². The van der Waals surface area contributed by atoms with Crippen LogP contribution in [0.1, 0.15) is 16.8 Å². The summed E-state index contributed by atoms with van der Waals surface area (Å²) >= 11 is 1.51. The number of hydrogen-bond acceptors (Lipinski definition) is 6. The predicted molar refractivity (Wildman–Crippen MR) is 103 cm³/mol. The zero-order chi connectivity index (χ0) is 20.1. The summed E-state index contributed by atoms with van der Waals surface area (Å²) in [6, 6.07) is 6.85. The number of carbonyl (C=O) groups excluding carboxylic acids is 4. The quantitative estimate of drug-likeness (QED) is 0.405. The molecule has 9 heteroatoms. The largest absolute Gasteiger partial charge is 0.454 e. The summed E-state index contributed by atoms with van der Waals surface area (Å²) in [5, 5.41) is 6.98. The van der Waals surface area contributed by atoms with Crippen LogP contribution in [-0.2, 0) is 14.3 Å². The third kappa shape index (κ3) is 8.91. The maximum atomic E-state index is 12.2. The Morgan fingerprint density at radius 3 is 2.56 bits per heavy atom. The average molecular weight is 393 g/mol. The topological polar surface area (TPSA) is 114 Å². The SMILES string of the molecule is C=CCNC(=O)NC(=O)COC(=O)[C@H](CCSC)NC(=O)c1ccccc1.